The molecule has 4 aromatic heterocycles. The largest absolute Gasteiger partial charge is 0.440 e. The molecule has 142 heavy (non-hydrogen) atoms. The standard InChI is InChI=1S/C31H35N3O4S.C25H20Cl3FN2O3S.C22H21N3.C17H19FN4O2S.C13H16N4O/c1-20-17-33(18-21(2)37-20)19-29(36)32-24-9-10-28-23(14-24)13-22-7-6-8-26(31(22)39-28)27-15-25(35)16-30(38-27)34-11-4-3-5-12-34;26-25(27,28)22(15-19(35)13-16-11-12-20(29)21(14-16)31(33)34)30-24(32)23(17-7-3-1-4-8-17)18-9-5-2-6-10-18;1-2-4-22-17(3-1)5-6-18(22)11-16-24-19-7-9-20(10-8-19)25-21-12-14-23-15-13-21;18-11-4-1-3-10(7-11)14-8-13(22-17(19)24)15(25-14)16(23)21-12-5-2-6-20-9-12;1-13(6-3-7-15-13)12-16-9-5-2-4-8(11(14)18)10(9)17-12/h6-10,14-16,20-21H,3-5,11-13,17-19H2,1-2H3,(H,32,36);1-12,14,22-23H,13,15H2,(H,30,32);1-4,6-10,12-15,24H,5,11,16H2,(H,23,25);1,3-4,7-8,12,20H,2,5-6,9H2,(H,21,23)(H3,19,22,24);2,4-5,15H,3,6-7H2,1H3,(H2,14,18)(H,16,17)/t20-,21+;;;12-;13-/m...01/s1. The molecule has 13 aromatic rings. The van der Waals surface area contributed by atoms with Crippen LogP contribution in [-0.4, -0.2) is 146 Å². The molecule has 736 valence electrons. The lowest BCUT2D eigenvalue weighted by Gasteiger charge is -2.34. The van der Waals surface area contributed by atoms with Crippen molar-refractivity contribution in [3.8, 4) is 21.8 Å². The Balaban J connectivity index is 0.000000137. The van der Waals surface area contributed by atoms with Crippen molar-refractivity contribution < 1.29 is 46.8 Å². The number of hydrogen-bond donors (Lipinski definition) is 11. The second-order valence-electron chi connectivity index (χ2n) is 35.8. The first-order valence-corrected chi connectivity index (χ1v) is 50.4. The third-order valence-corrected chi connectivity index (χ3v) is 28.6. The van der Waals surface area contributed by atoms with Gasteiger partial charge in [0.1, 0.15) is 27.8 Å². The molecule has 4 saturated heterocycles. The third kappa shape index (κ3) is 28.0. The number of thiocarbonyl (C=S) groups is 1. The molecule has 19 rings (SSSR count). The number of nitrogens with one attached hydrogen (secondary N) is 9. The van der Waals surface area contributed by atoms with Crippen LogP contribution in [0.5, 0.6) is 0 Å². The molecule has 6 amide bonds. The Bertz CT molecular complexity index is 6690. The van der Waals surface area contributed by atoms with E-state index in [1.807, 2.05) is 117 Å². The third-order valence-electron chi connectivity index (χ3n) is 25.0. The van der Waals surface area contributed by atoms with Gasteiger partial charge in [-0.05, 0) is 244 Å². The monoisotopic (exact) mass is 2030 g/mol. The number of allylic oxidation sites excluding steroid dienone is 1. The average molecular weight is 2030 g/mol. The summed E-state index contributed by atoms with van der Waals surface area (Å²) in [5.74, 6) is -0.898. The number of rotatable bonds is 26. The number of nitrogens with zero attached hydrogens (tertiary/aromatic N) is 5. The smallest absolute Gasteiger partial charge is 0.316 e. The van der Waals surface area contributed by atoms with Crippen LogP contribution in [-0.2, 0) is 39.1 Å². The van der Waals surface area contributed by atoms with Gasteiger partial charge in [-0.1, -0.05) is 192 Å². The number of anilines is 6. The highest BCUT2D eigenvalue weighted by molar-refractivity contribution is 7.99. The number of benzene rings is 9. The van der Waals surface area contributed by atoms with Crippen LogP contribution in [0.4, 0.5) is 53.6 Å². The number of imidazole rings is 1. The van der Waals surface area contributed by atoms with Gasteiger partial charge in [-0.2, -0.15) is 4.39 Å². The highest BCUT2D eigenvalue weighted by atomic mass is 35.6. The van der Waals surface area contributed by atoms with E-state index in [1.54, 1.807) is 60.6 Å². The number of nitro benzene ring substituents is 1. The van der Waals surface area contributed by atoms with Crippen LogP contribution in [0.3, 0.4) is 0 Å². The Morgan fingerprint density at radius 3 is 2.11 bits per heavy atom. The van der Waals surface area contributed by atoms with Gasteiger partial charge < -0.3 is 73.0 Å². The molecule has 9 aromatic carbocycles. The van der Waals surface area contributed by atoms with Crippen LogP contribution in [0.15, 0.2) is 274 Å². The van der Waals surface area contributed by atoms with Gasteiger partial charge in [-0.25, -0.2) is 14.2 Å². The number of hydrogen-bond acceptors (Lipinski definition) is 21. The van der Waals surface area contributed by atoms with E-state index in [4.69, 9.17) is 67.6 Å². The van der Waals surface area contributed by atoms with Crippen LogP contribution in [0.2, 0.25) is 0 Å². The van der Waals surface area contributed by atoms with E-state index >= 15 is 0 Å². The molecule has 1 aliphatic carbocycles. The lowest BCUT2D eigenvalue weighted by molar-refractivity contribution is -0.387. The molecule has 1 unspecified atom stereocenters. The first-order valence-electron chi connectivity index (χ1n) is 47.2. The summed E-state index contributed by atoms with van der Waals surface area (Å²) in [6.07, 6.45) is 16.7. The van der Waals surface area contributed by atoms with E-state index in [2.05, 4.69) is 147 Å². The van der Waals surface area contributed by atoms with Gasteiger partial charge in [-0.15, -0.1) is 11.3 Å². The minimum absolute atomic E-state index is 0.00832. The zero-order chi connectivity index (χ0) is 100.0. The Morgan fingerprint density at radius 1 is 0.725 bits per heavy atom. The number of carbonyl (C=O) groups excluding carboxylic acids is 5. The first kappa shape index (κ1) is 103. The van der Waals surface area contributed by atoms with Crippen LogP contribution in [0.1, 0.15) is 149 Å². The van der Waals surface area contributed by atoms with Gasteiger partial charge in [0.05, 0.1) is 57.9 Å². The highest BCUT2D eigenvalue weighted by Gasteiger charge is 2.38. The number of thiophene rings is 1. The topological polar surface area (TPSA) is 364 Å². The Hall–Kier alpha value is -13.1. The molecule has 9 heterocycles. The predicted octanol–water partition coefficient (Wildman–Crippen LogP) is 21.2. The SMILES string of the molecule is C1=C(CCNc2ccc(Nc3ccncc3)cc2)c2ccccc2C1.C[C@@H]1CN(CC(=O)Nc2ccc3c(c2)Cc2cccc(-c4cc(=O)cc(N5CCCCC5)o4)c2S3)C[C@H](C)O1.C[C@]1(c2nc3c(C(N)=O)cccc3[nH]2)CCCN1.NC(=O)Nc1cc(-c2cccc(F)c2)sc1C(=O)N[C@H]1CCCNC1.O=C(NC(CC(=S)Cc1ccc(F)c([N+](=O)[O-])c1)C(Cl)(Cl)Cl)C(c1ccccc1)c1ccccc1. The quantitative estimate of drug-likeness (QED) is 0.0104. The number of alkyl halides is 3. The predicted molar refractivity (Wildman–Crippen MR) is 567 cm³/mol. The number of piperidine rings is 2. The summed E-state index contributed by atoms with van der Waals surface area (Å²) < 4.78 is 37.3. The maximum absolute atomic E-state index is 13.6. The van der Waals surface area contributed by atoms with E-state index < -0.39 is 44.1 Å². The lowest BCUT2D eigenvalue weighted by Crippen LogP contribution is -2.48. The zero-order valence-corrected chi connectivity index (χ0v) is 83.3. The van der Waals surface area contributed by atoms with Crippen LogP contribution >= 0.6 is 70.1 Å². The van der Waals surface area contributed by atoms with E-state index in [-0.39, 0.29) is 65.6 Å². The Kier molecular flexibility index (Phi) is 35.4. The van der Waals surface area contributed by atoms with Crippen LogP contribution < -0.4 is 64.3 Å². The number of aromatic nitrogens is 3. The Labute approximate surface area is 850 Å². The summed E-state index contributed by atoms with van der Waals surface area (Å²) in [5.41, 5.74) is 26.4. The Morgan fingerprint density at radius 2 is 1.42 bits per heavy atom. The van der Waals surface area contributed by atoms with E-state index in [1.165, 1.54) is 63.8 Å². The number of pyridine rings is 1. The van der Waals surface area contributed by atoms with Crippen molar-refractivity contribution in [3.05, 3.63) is 342 Å². The molecule has 4 fully saturated rings. The van der Waals surface area contributed by atoms with Gasteiger partial charge in [0.2, 0.25) is 21.4 Å². The molecule has 0 saturated carbocycles. The number of nitro groups is 1. The number of para-hydroxylation sites is 1. The maximum Gasteiger partial charge on any atom is 0.316 e. The van der Waals surface area contributed by atoms with Crippen molar-refractivity contribution in [1.29, 1.82) is 0 Å². The second-order valence-corrected chi connectivity index (χ2v) is 40.9. The summed E-state index contributed by atoms with van der Waals surface area (Å²) in [5, 5.41) is 35.9. The molecule has 5 atom stereocenters. The molecule has 26 nitrogen and oxygen atoms in total. The first-order chi connectivity index (χ1) is 68.5. The highest BCUT2D eigenvalue weighted by Crippen LogP contribution is 2.47. The van der Waals surface area contributed by atoms with E-state index in [0.717, 1.165) is 176 Å². The fraction of sp³-hybridized carbons (Fsp3) is 0.287. The summed E-state index contributed by atoms with van der Waals surface area (Å²) in [4.78, 5) is 104. The minimum atomic E-state index is -1.88. The summed E-state index contributed by atoms with van der Waals surface area (Å²) in [6, 6.07) is 70.0. The van der Waals surface area contributed by atoms with Crippen molar-refractivity contribution in [1.82, 2.24) is 41.1 Å². The number of amides is 6. The molecule has 0 radical (unpaired) electrons. The van der Waals surface area contributed by atoms with Crippen molar-refractivity contribution in [2.24, 2.45) is 11.5 Å². The zero-order valence-electron chi connectivity index (χ0n) is 78.6. The second kappa shape index (κ2) is 48.6. The summed E-state index contributed by atoms with van der Waals surface area (Å²) >= 11 is 26.9. The number of halogens is 5. The fourth-order valence-electron chi connectivity index (χ4n) is 18.1. The number of primary amides is 2. The van der Waals surface area contributed by atoms with Gasteiger partial charge in [0.15, 0.2) is 11.3 Å². The van der Waals surface area contributed by atoms with Gasteiger partial charge in [0, 0.05) is 132 Å². The fourth-order valence-corrected chi connectivity index (χ4v) is 21.1. The number of ether oxygens (including phenoxy) is 1. The maximum atomic E-state index is 13.6. The molecule has 5 aliphatic heterocycles. The van der Waals surface area contributed by atoms with Gasteiger partial charge in [-0.3, -0.25) is 44.0 Å². The molecule has 0 bridgehead atoms. The summed E-state index contributed by atoms with van der Waals surface area (Å²) in [7, 11) is 0. The number of fused-ring (bicyclic) bond motifs is 4. The lowest BCUT2D eigenvalue weighted by atomic mass is 9.90. The van der Waals surface area contributed by atoms with Crippen molar-refractivity contribution in [3.63, 3.8) is 0 Å². The summed E-state index contributed by atoms with van der Waals surface area (Å²) in [6.45, 7) is 13.5. The molecular weight excluding hydrogens is 1920 g/mol. The van der Waals surface area contributed by atoms with Crippen molar-refractivity contribution in [2.75, 3.05) is 85.1 Å². The molecular formula is C108H111Cl3F2N16O10S3. The number of H-pyrrole nitrogens is 1. The van der Waals surface area contributed by atoms with Crippen LogP contribution in [0.25, 0.3) is 38.4 Å². The number of carbonyl (C=O) groups is 5. The molecule has 13 N–H and O–H groups in total. The average Bonchev–Trinajstić information content (AvgIpc) is 1.72. The van der Waals surface area contributed by atoms with Gasteiger partial charge >= 0.3 is 11.7 Å². The van der Waals surface area contributed by atoms with Gasteiger partial charge in [0.25, 0.3) is 11.8 Å². The molecule has 0 spiro atoms. The van der Waals surface area contributed by atoms with Crippen LogP contribution in [0, 0.1) is 21.7 Å². The number of morpholine rings is 1. The molecule has 34 heteroatoms. The number of aromatic amines is 1. The minimum Gasteiger partial charge on any atom is -0.440 e. The number of nitrogens with two attached hydrogens (primary N) is 2. The van der Waals surface area contributed by atoms with E-state index in [9.17, 15) is 47.7 Å². The normalized spacial score (nSPS) is 17.0. The van der Waals surface area contributed by atoms with E-state index in [0.29, 0.717) is 67.2 Å². The van der Waals surface area contributed by atoms with Crippen molar-refractivity contribution in [2.45, 2.75) is 147 Å². The van der Waals surface area contributed by atoms with Crippen molar-refractivity contribution >= 4 is 161 Å². The number of urea groups is 1. The molecule has 6 aliphatic rings.